The lowest BCUT2D eigenvalue weighted by Gasteiger charge is -2.09. The molecule has 2 aromatic carbocycles. The van der Waals surface area contributed by atoms with Gasteiger partial charge < -0.3 is 14.8 Å². The van der Waals surface area contributed by atoms with Crippen LogP contribution in [0.5, 0.6) is 5.75 Å². The molecule has 0 aliphatic heterocycles. The van der Waals surface area contributed by atoms with Crippen LogP contribution in [-0.2, 0) is 9.53 Å². The number of benzene rings is 2. The zero-order valence-electron chi connectivity index (χ0n) is 17.1. The molecule has 0 unspecified atom stereocenters. The van der Waals surface area contributed by atoms with Crippen LogP contribution in [-0.4, -0.2) is 40.3 Å². The molecular weight excluding hydrogens is 404 g/mol. The fourth-order valence-corrected chi connectivity index (χ4v) is 2.92. The molecule has 1 N–H and O–H groups in total. The van der Waals surface area contributed by atoms with Crippen LogP contribution >= 0.6 is 0 Å². The van der Waals surface area contributed by atoms with Gasteiger partial charge in [-0.05, 0) is 56.3 Å². The number of hydrogen-bond donors (Lipinski definition) is 1. The van der Waals surface area contributed by atoms with Gasteiger partial charge in [-0.25, -0.2) is 9.48 Å². The van der Waals surface area contributed by atoms with Gasteiger partial charge in [0.2, 0.25) is 0 Å². The second kappa shape index (κ2) is 9.08. The number of methoxy groups -OCH3 is 1. The number of nitrogens with one attached hydrogen (secondary N) is 1. The van der Waals surface area contributed by atoms with Crippen LogP contribution in [0.4, 0.5) is 11.4 Å². The molecule has 1 aromatic heterocycles. The molecular formula is C21H20N4O6. The van der Waals surface area contributed by atoms with E-state index in [2.05, 4.69) is 10.4 Å². The summed E-state index contributed by atoms with van der Waals surface area (Å²) < 4.78 is 11.7. The maximum Gasteiger partial charge on any atom is 0.338 e. The molecule has 10 heteroatoms. The molecule has 160 valence electrons. The lowest BCUT2D eigenvalue weighted by Crippen LogP contribution is -2.21. The number of hydrogen-bond acceptors (Lipinski definition) is 7. The third kappa shape index (κ3) is 5.04. The van der Waals surface area contributed by atoms with Crippen molar-refractivity contribution >= 4 is 23.3 Å². The van der Waals surface area contributed by atoms with Crippen molar-refractivity contribution in [2.24, 2.45) is 0 Å². The van der Waals surface area contributed by atoms with Gasteiger partial charge in [0.05, 0.1) is 35.0 Å². The topological polar surface area (TPSA) is 126 Å². The molecule has 31 heavy (non-hydrogen) atoms. The van der Waals surface area contributed by atoms with Crippen molar-refractivity contribution < 1.29 is 24.0 Å². The van der Waals surface area contributed by atoms with Gasteiger partial charge in [-0.2, -0.15) is 5.10 Å². The first kappa shape index (κ1) is 21.5. The van der Waals surface area contributed by atoms with Crippen molar-refractivity contribution in [2.45, 2.75) is 13.8 Å². The molecule has 3 aromatic rings. The molecule has 10 nitrogen and oxygen atoms in total. The Morgan fingerprint density at radius 2 is 1.84 bits per heavy atom. The maximum atomic E-state index is 12.2. The number of carbonyl (C=O) groups excluding carboxylic acids is 2. The highest BCUT2D eigenvalue weighted by molar-refractivity contribution is 5.97. The monoisotopic (exact) mass is 424 g/mol. The predicted molar refractivity (Wildman–Crippen MR) is 112 cm³/mol. The maximum absolute atomic E-state index is 12.2. The molecule has 0 aliphatic rings. The van der Waals surface area contributed by atoms with E-state index in [1.165, 1.54) is 25.3 Å². The normalized spacial score (nSPS) is 10.4. The van der Waals surface area contributed by atoms with Crippen molar-refractivity contribution in [3.63, 3.8) is 0 Å². The summed E-state index contributed by atoms with van der Waals surface area (Å²) in [5, 5.41) is 17.9. The van der Waals surface area contributed by atoms with Gasteiger partial charge in [0.15, 0.2) is 6.61 Å². The molecule has 3 rings (SSSR count). The largest absolute Gasteiger partial charge is 0.496 e. The van der Waals surface area contributed by atoms with Crippen LogP contribution in [0.15, 0.2) is 48.5 Å². The Morgan fingerprint density at radius 3 is 2.42 bits per heavy atom. The zero-order chi connectivity index (χ0) is 22.5. The summed E-state index contributed by atoms with van der Waals surface area (Å²) in [6, 6.07) is 12.5. The minimum atomic E-state index is -0.708. The van der Waals surface area contributed by atoms with E-state index in [0.29, 0.717) is 0 Å². The van der Waals surface area contributed by atoms with Crippen molar-refractivity contribution in [1.29, 1.82) is 0 Å². The van der Waals surface area contributed by atoms with E-state index in [1.54, 1.807) is 28.9 Å². The number of rotatable bonds is 7. The number of ether oxygens (including phenoxy) is 2. The number of amides is 1. The summed E-state index contributed by atoms with van der Waals surface area (Å²) >= 11 is 0. The third-order valence-electron chi connectivity index (χ3n) is 4.37. The van der Waals surface area contributed by atoms with Crippen LogP contribution in [0, 0.1) is 24.0 Å². The molecule has 0 spiro atoms. The van der Waals surface area contributed by atoms with Gasteiger partial charge in [0.1, 0.15) is 11.4 Å². The van der Waals surface area contributed by atoms with Crippen molar-refractivity contribution in [3.8, 4) is 11.4 Å². The quantitative estimate of drug-likeness (QED) is 0.351. The summed E-state index contributed by atoms with van der Waals surface area (Å²) in [7, 11) is 1.38. The molecule has 0 radical (unpaired) electrons. The van der Waals surface area contributed by atoms with E-state index in [4.69, 9.17) is 9.47 Å². The molecule has 0 atom stereocenters. The molecule has 0 bridgehead atoms. The van der Waals surface area contributed by atoms with Crippen LogP contribution in [0.2, 0.25) is 0 Å². The molecule has 0 fully saturated rings. The van der Waals surface area contributed by atoms with Crippen LogP contribution in [0.25, 0.3) is 5.69 Å². The Morgan fingerprint density at radius 1 is 1.13 bits per heavy atom. The van der Waals surface area contributed by atoms with Gasteiger partial charge in [0.25, 0.3) is 11.6 Å². The van der Waals surface area contributed by atoms with Gasteiger partial charge in [0, 0.05) is 5.69 Å². The predicted octanol–water partition coefficient (Wildman–Crippen LogP) is 3.20. The van der Waals surface area contributed by atoms with E-state index in [9.17, 15) is 19.7 Å². The summed E-state index contributed by atoms with van der Waals surface area (Å²) in [4.78, 5) is 34.9. The zero-order valence-corrected chi connectivity index (χ0v) is 17.1. The minimum absolute atomic E-state index is 0.0268. The Balaban J connectivity index is 1.61. The molecule has 0 aliphatic carbocycles. The Labute approximate surface area is 177 Å². The smallest absolute Gasteiger partial charge is 0.338 e. The van der Waals surface area contributed by atoms with Gasteiger partial charge in [-0.3, -0.25) is 14.9 Å². The number of nitrogens with zero attached hydrogens (tertiary/aromatic N) is 3. The number of aryl methyl sites for hydroxylation is 2. The highest BCUT2D eigenvalue weighted by Crippen LogP contribution is 2.28. The summed E-state index contributed by atoms with van der Waals surface area (Å²) in [6.45, 7) is 3.22. The van der Waals surface area contributed by atoms with Crippen LogP contribution < -0.4 is 10.1 Å². The summed E-state index contributed by atoms with van der Waals surface area (Å²) in [5.74, 6) is -1.12. The van der Waals surface area contributed by atoms with Crippen LogP contribution in [0.3, 0.4) is 0 Å². The van der Waals surface area contributed by atoms with E-state index in [0.717, 1.165) is 17.1 Å². The third-order valence-corrected chi connectivity index (χ3v) is 4.37. The number of carbonyl (C=O) groups is 2. The van der Waals surface area contributed by atoms with Gasteiger partial charge in [-0.1, -0.05) is 0 Å². The standard InChI is InChI=1S/C21H20N4O6/c1-13-10-14(2)24(23-13)16-6-4-15(5-7-16)21(27)31-12-20(26)22-18-9-8-17(30-3)11-19(18)25(28)29/h4-11H,12H2,1-3H3,(H,22,26). The SMILES string of the molecule is COc1ccc(NC(=O)COC(=O)c2ccc(-n3nc(C)cc3C)cc2)c([N+](=O)[O-])c1. The summed E-state index contributed by atoms with van der Waals surface area (Å²) in [6.07, 6.45) is 0. The van der Waals surface area contributed by atoms with Crippen molar-refractivity contribution in [3.05, 3.63) is 75.6 Å². The highest BCUT2D eigenvalue weighted by Gasteiger charge is 2.18. The molecule has 0 saturated heterocycles. The number of nitro groups is 1. The lowest BCUT2D eigenvalue weighted by molar-refractivity contribution is -0.384. The van der Waals surface area contributed by atoms with Gasteiger partial charge >= 0.3 is 5.97 Å². The van der Waals surface area contributed by atoms with E-state index in [-0.39, 0.29) is 22.7 Å². The number of nitro benzene ring substituents is 1. The van der Waals surface area contributed by atoms with Crippen molar-refractivity contribution in [1.82, 2.24) is 9.78 Å². The lowest BCUT2D eigenvalue weighted by atomic mass is 10.2. The number of anilines is 1. The fourth-order valence-electron chi connectivity index (χ4n) is 2.92. The molecule has 1 amide bonds. The Bertz CT molecular complexity index is 1140. The Hall–Kier alpha value is -4.21. The fraction of sp³-hybridized carbons (Fsp3) is 0.190. The first-order chi connectivity index (χ1) is 14.8. The average Bonchev–Trinajstić information content (AvgIpc) is 3.10. The number of aromatic nitrogens is 2. The summed E-state index contributed by atoms with van der Waals surface area (Å²) in [5.41, 5.74) is 2.52. The Kier molecular flexibility index (Phi) is 6.29. The number of esters is 1. The van der Waals surface area contributed by atoms with E-state index >= 15 is 0 Å². The average molecular weight is 424 g/mol. The van der Waals surface area contributed by atoms with Crippen LogP contribution in [0.1, 0.15) is 21.7 Å². The first-order valence-electron chi connectivity index (χ1n) is 9.21. The highest BCUT2D eigenvalue weighted by atomic mass is 16.6. The van der Waals surface area contributed by atoms with E-state index in [1.807, 2.05) is 19.9 Å². The molecule has 0 saturated carbocycles. The minimum Gasteiger partial charge on any atom is -0.496 e. The second-order valence-corrected chi connectivity index (χ2v) is 6.65. The first-order valence-corrected chi connectivity index (χ1v) is 9.21. The van der Waals surface area contributed by atoms with Crippen molar-refractivity contribution in [2.75, 3.05) is 19.0 Å². The van der Waals surface area contributed by atoms with Gasteiger partial charge in [-0.15, -0.1) is 0 Å². The molecule has 1 heterocycles. The van der Waals surface area contributed by atoms with E-state index < -0.39 is 23.4 Å². The second-order valence-electron chi connectivity index (χ2n) is 6.65.